The second-order valence-electron chi connectivity index (χ2n) is 5.28. The van der Waals surface area contributed by atoms with Gasteiger partial charge in [-0.3, -0.25) is 0 Å². The molecule has 0 fully saturated rings. The predicted molar refractivity (Wildman–Crippen MR) is 66.0 cm³/mol. The van der Waals surface area contributed by atoms with E-state index in [1.54, 1.807) is 0 Å². The van der Waals surface area contributed by atoms with Gasteiger partial charge in [0.2, 0.25) is 23.3 Å². The second kappa shape index (κ2) is 7.09. The van der Waals surface area contributed by atoms with E-state index in [9.17, 15) is 61.5 Å². The molecule has 0 spiro atoms. The van der Waals surface area contributed by atoms with Gasteiger partial charge in [0, 0.05) is 0 Å². The molecular formula is C14BF14. The zero-order valence-corrected chi connectivity index (χ0v) is 12.9. The molecule has 0 heterocycles. The quantitative estimate of drug-likeness (QED) is 0.250. The Hall–Kier alpha value is -2.48. The number of halogens is 14. The van der Waals surface area contributed by atoms with E-state index in [1.807, 2.05) is 0 Å². The van der Waals surface area contributed by atoms with E-state index in [2.05, 4.69) is 0 Å². The van der Waals surface area contributed by atoms with Gasteiger partial charge in [-0.1, -0.05) is 0 Å². The average Bonchev–Trinajstić information content (AvgIpc) is 2.60. The Kier molecular flexibility index (Phi) is 5.58. The molecule has 0 aliphatic rings. The molecule has 0 aromatic heterocycles. The summed E-state index contributed by atoms with van der Waals surface area (Å²) >= 11 is 0. The van der Waals surface area contributed by atoms with Gasteiger partial charge < -0.3 is 0 Å². The molecule has 0 amide bonds. The third kappa shape index (κ3) is 3.50. The Morgan fingerprint density at radius 2 is 0.517 bits per heavy atom. The van der Waals surface area contributed by atoms with Crippen LogP contribution in [-0.4, -0.2) is 7.28 Å². The maximum atomic E-state index is 13.9. The Morgan fingerprint density at radius 3 is 0.724 bits per heavy atom. The molecule has 0 saturated carbocycles. The maximum absolute atomic E-state index is 13.9. The third-order valence-electron chi connectivity index (χ3n) is 3.45. The van der Waals surface area contributed by atoms with Crippen molar-refractivity contribution in [2.24, 2.45) is 0 Å². The van der Waals surface area contributed by atoms with E-state index >= 15 is 0 Å². The topological polar surface area (TPSA) is 0 Å². The van der Waals surface area contributed by atoms with Crippen molar-refractivity contribution < 1.29 is 61.5 Å². The van der Waals surface area contributed by atoms with Crippen LogP contribution in [0, 0.1) is 58.2 Å². The minimum absolute atomic E-state index is 1.93. The third-order valence-corrected chi connectivity index (χ3v) is 3.45. The smallest absolute Gasteiger partial charge is 0.213 e. The Balaban J connectivity index is 2.68. The largest absolute Gasteiger partial charge is 0.312 e. The van der Waals surface area contributed by atoms with Crippen LogP contribution in [0.2, 0.25) is 0 Å². The molecule has 1 radical (unpaired) electrons. The van der Waals surface area contributed by atoms with Crippen molar-refractivity contribution in [1.82, 2.24) is 0 Å². The van der Waals surface area contributed by atoms with Crippen LogP contribution in [0.1, 0.15) is 11.1 Å². The van der Waals surface area contributed by atoms with Gasteiger partial charge in [-0.2, -0.15) is 0 Å². The van der Waals surface area contributed by atoms with Gasteiger partial charge in [0.15, 0.2) is 46.5 Å². The first-order valence-corrected chi connectivity index (χ1v) is 6.72. The summed E-state index contributed by atoms with van der Waals surface area (Å²) in [6.07, 6.45) is 0. The van der Waals surface area contributed by atoms with E-state index < -0.39 is 88.2 Å². The standard InChI is InChI=1S/C14BF14/c16-3-1(4(17)8(21)11(24)7(3)20)13(26,27)15-14(28,29)2-5(18)9(22)12(25)10(23)6(2)19. The molecule has 15 heteroatoms. The van der Waals surface area contributed by atoms with Crippen molar-refractivity contribution in [1.29, 1.82) is 0 Å². The Labute approximate surface area is 151 Å². The van der Waals surface area contributed by atoms with Gasteiger partial charge in [-0.05, 0) is 0 Å². The van der Waals surface area contributed by atoms with Crippen molar-refractivity contribution in [2.45, 2.75) is 11.6 Å². The molecule has 0 N–H and O–H groups in total. The van der Waals surface area contributed by atoms with E-state index in [4.69, 9.17) is 0 Å². The molecule has 157 valence electrons. The van der Waals surface area contributed by atoms with Crippen LogP contribution >= 0.6 is 0 Å². The first-order valence-electron chi connectivity index (χ1n) is 6.72. The lowest BCUT2D eigenvalue weighted by molar-refractivity contribution is 0.0260. The molecule has 0 bridgehead atoms. The van der Waals surface area contributed by atoms with Gasteiger partial charge in [-0.15, -0.1) is 0 Å². The lowest BCUT2D eigenvalue weighted by Crippen LogP contribution is -2.39. The van der Waals surface area contributed by atoms with Crippen molar-refractivity contribution in [3.8, 4) is 0 Å². The van der Waals surface area contributed by atoms with E-state index in [0.717, 1.165) is 0 Å². The summed E-state index contributed by atoms with van der Waals surface area (Å²) in [5.74, 6) is -42.5. The molecule has 0 saturated heterocycles. The van der Waals surface area contributed by atoms with E-state index in [0.29, 0.717) is 0 Å². The highest BCUT2D eigenvalue weighted by molar-refractivity contribution is 6.41. The summed E-state index contributed by atoms with van der Waals surface area (Å²) in [6, 6.07) is 0. The lowest BCUT2D eigenvalue weighted by atomic mass is 9.59. The van der Waals surface area contributed by atoms with Crippen LogP contribution in [-0.2, 0) is 11.6 Å². The molecular weight excluding hydrogens is 445 g/mol. The zero-order chi connectivity index (χ0) is 22.6. The lowest BCUT2D eigenvalue weighted by Gasteiger charge is -2.24. The summed E-state index contributed by atoms with van der Waals surface area (Å²) in [5, 5.41) is 0. The Morgan fingerprint density at radius 1 is 0.345 bits per heavy atom. The van der Waals surface area contributed by atoms with Crippen molar-refractivity contribution in [3.05, 3.63) is 69.3 Å². The number of benzene rings is 2. The molecule has 2 aromatic carbocycles. The SMILES string of the molecule is Fc1c(F)c(F)c(C(F)(F)[B]C(F)(F)c2c(F)c(F)c(F)c(F)c2F)c(F)c1F. The minimum Gasteiger partial charge on any atom is -0.213 e. The average molecular weight is 445 g/mol. The normalized spacial score (nSPS) is 12.5. The molecule has 0 atom stereocenters. The number of hydrogen-bond acceptors (Lipinski definition) is 0. The van der Waals surface area contributed by atoms with Gasteiger partial charge >= 0.3 is 7.28 Å². The van der Waals surface area contributed by atoms with E-state index in [-0.39, 0.29) is 0 Å². The highest BCUT2D eigenvalue weighted by Crippen LogP contribution is 2.43. The highest BCUT2D eigenvalue weighted by atomic mass is 19.3. The molecule has 2 aromatic rings. The fourth-order valence-electron chi connectivity index (χ4n) is 2.17. The van der Waals surface area contributed by atoms with Gasteiger partial charge in [0.05, 0.1) is 11.1 Å². The molecule has 0 aliphatic carbocycles. The summed E-state index contributed by atoms with van der Waals surface area (Å²) in [4.78, 5) is 0. The summed E-state index contributed by atoms with van der Waals surface area (Å²) in [7, 11) is -1.93. The summed E-state index contributed by atoms with van der Waals surface area (Å²) < 4.78 is 187. The zero-order valence-electron chi connectivity index (χ0n) is 12.9. The fraction of sp³-hybridized carbons (Fsp3) is 0.143. The molecule has 29 heavy (non-hydrogen) atoms. The van der Waals surface area contributed by atoms with E-state index in [1.165, 1.54) is 0 Å². The van der Waals surface area contributed by atoms with Gasteiger partial charge in [0.25, 0.3) is 0 Å². The first kappa shape index (κ1) is 22.8. The molecule has 0 nitrogen and oxygen atoms in total. The van der Waals surface area contributed by atoms with Crippen LogP contribution in [0.3, 0.4) is 0 Å². The van der Waals surface area contributed by atoms with Crippen LogP contribution in [0.5, 0.6) is 0 Å². The first-order chi connectivity index (χ1) is 13.1. The van der Waals surface area contributed by atoms with Crippen LogP contribution < -0.4 is 0 Å². The predicted octanol–water partition coefficient (Wildman–Crippen LogP) is 5.58. The summed E-state index contributed by atoms with van der Waals surface area (Å²) in [5.41, 5.74) is -6.28. The molecule has 2 rings (SSSR count). The van der Waals surface area contributed by atoms with Crippen LogP contribution in [0.25, 0.3) is 0 Å². The molecule has 0 unspecified atom stereocenters. The van der Waals surface area contributed by atoms with Crippen LogP contribution in [0.4, 0.5) is 61.5 Å². The second-order valence-corrected chi connectivity index (χ2v) is 5.28. The number of hydrogen-bond donors (Lipinski definition) is 0. The fourth-order valence-corrected chi connectivity index (χ4v) is 2.17. The monoisotopic (exact) mass is 445 g/mol. The number of rotatable bonds is 4. The van der Waals surface area contributed by atoms with Crippen molar-refractivity contribution in [3.63, 3.8) is 0 Å². The van der Waals surface area contributed by atoms with Gasteiger partial charge in [0.1, 0.15) is 0 Å². The Bertz CT molecular complexity index is 861. The summed E-state index contributed by atoms with van der Waals surface area (Å²) in [6.45, 7) is 0. The van der Waals surface area contributed by atoms with Crippen molar-refractivity contribution in [2.75, 3.05) is 0 Å². The maximum Gasteiger partial charge on any atom is 0.312 e. The van der Waals surface area contributed by atoms with Gasteiger partial charge in [-0.25, -0.2) is 61.5 Å². The number of alkyl halides is 4. The highest BCUT2D eigenvalue weighted by Gasteiger charge is 2.54. The van der Waals surface area contributed by atoms with Crippen molar-refractivity contribution >= 4 is 7.28 Å². The van der Waals surface area contributed by atoms with Crippen LogP contribution in [0.15, 0.2) is 0 Å². The minimum atomic E-state index is -5.84. The molecule has 0 aliphatic heterocycles.